The summed E-state index contributed by atoms with van der Waals surface area (Å²) in [5, 5.41) is 5.96. The Balaban J connectivity index is 1.31. The largest absolute Gasteiger partial charge is 0.454 e. The molecule has 3 heterocycles. The van der Waals surface area contributed by atoms with Gasteiger partial charge in [0.05, 0.1) is 10.6 Å². The molecule has 1 N–H and O–H groups in total. The van der Waals surface area contributed by atoms with Crippen molar-refractivity contribution >= 4 is 32.2 Å². The fraction of sp³-hybridized carbons (Fsp3) is 0.286. The molecule has 5 rings (SSSR count). The van der Waals surface area contributed by atoms with Crippen LogP contribution in [0.4, 0.5) is 10.8 Å². The van der Waals surface area contributed by atoms with Crippen LogP contribution in [0.5, 0.6) is 11.5 Å². The summed E-state index contributed by atoms with van der Waals surface area (Å²) >= 11 is 1.48. The zero-order chi connectivity index (χ0) is 20.6. The number of nitrogens with one attached hydrogen (secondary N) is 1. The number of aromatic nitrogens is 1. The zero-order valence-corrected chi connectivity index (χ0v) is 17.8. The molecule has 0 aliphatic carbocycles. The summed E-state index contributed by atoms with van der Waals surface area (Å²) in [6.07, 6.45) is 2.95. The molecule has 1 aromatic heterocycles. The molecule has 2 aliphatic rings. The Kier molecular flexibility index (Phi) is 5.10. The van der Waals surface area contributed by atoms with Crippen LogP contribution in [0.3, 0.4) is 0 Å². The number of hydrogen-bond donors (Lipinski definition) is 1. The summed E-state index contributed by atoms with van der Waals surface area (Å²) in [6.45, 7) is 1.44. The van der Waals surface area contributed by atoms with Crippen molar-refractivity contribution in [3.63, 3.8) is 0 Å². The van der Waals surface area contributed by atoms with Gasteiger partial charge in [-0.2, -0.15) is 4.31 Å². The highest BCUT2D eigenvalue weighted by molar-refractivity contribution is 7.89. The van der Waals surface area contributed by atoms with E-state index in [9.17, 15) is 8.42 Å². The number of hydrogen-bond acceptors (Lipinski definition) is 7. The average Bonchev–Trinajstić information content (AvgIpc) is 3.44. The van der Waals surface area contributed by atoms with E-state index < -0.39 is 10.0 Å². The van der Waals surface area contributed by atoms with Crippen molar-refractivity contribution in [2.75, 3.05) is 25.2 Å². The minimum Gasteiger partial charge on any atom is -0.454 e. The van der Waals surface area contributed by atoms with Gasteiger partial charge in [0.25, 0.3) is 0 Å². The number of fused-ring (bicyclic) bond motifs is 1. The fourth-order valence-electron chi connectivity index (χ4n) is 3.61. The van der Waals surface area contributed by atoms with E-state index in [2.05, 4.69) is 10.3 Å². The molecule has 7 nitrogen and oxygen atoms in total. The Bertz CT molecular complexity index is 1150. The van der Waals surface area contributed by atoms with Crippen LogP contribution in [0.2, 0.25) is 0 Å². The van der Waals surface area contributed by atoms with Gasteiger partial charge in [-0.1, -0.05) is 18.6 Å². The van der Waals surface area contributed by atoms with Crippen LogP contribution in [0, 0.1) is 0 Å². The van der Waals surface area contributed by atoms with Gasteiger partial charge < -0.3 is 14.8 Å². The Hall–Kier alpha value is -2.62. The van der Waals surface area contributed by atoms with Gasteiger partial charge >= 0.3 is 0 Å². The van der Waals surface area contributed by atoms with E-state index in [1.807, 2.05) is 35.7 Å². The van der Waals surface area contributed by atoms with Crippen LogP contribution in [0.25, 0.3) is 11.3 Å². The molecule has 2 aromatic carbocycles. The number of rotatable bonds is 5. The number of benzene rings is 2. The van der Waals surface area contributed by atoms with Gasteiger partial charge in [-0.05, 0) is 37.1 Å². The first-order valence-corrected chi connectivity index (χ1v) is 12.1. The third-order valence-electron chi connectivity index (χ3n) is 5.23. The SMILES string of the molecule is O=S(=O)(c1ccc(-c2csc(Nc3ccc4c(c3)OCO4)n2)cc1)N1CCCCC1. The maximum Gasteiger partial charge on any atom is 0.243 e. The minimum absolute atomic E-state index is 0.240. The molecule has 0 unspecified atom stereocenters. The summed E-state index contributed by atoms with van der Waals surface area (Å²) in [4.78, 5) is 4.96. The van der Waals surface area contributed by atoms with E-state index in [-0.39, 0.29) is 6.79 Å². The lowest BCUT2D eigenvalue weighted by Crippen LogP contribution is -2.35. The number of thiazole rings is 1. The summed E-state index contributed by atoms with van der Waals surface area (Å²) in [5.74, 6) is 1.45. The molecule has 0 amide bonds. The number of anilines is 2. The Labute approximate surface area is 179 Å². The summed E-state index contributed by atoms with van der Waals surface area (Å²) < 4.78 is 37.9. The molecule has 0 spiro atoms. The Morgan fingerprint density at radius 3 is 2.53 bits per heavy atom. The highest BCUT2D eigenvalue weighted by Gasteiger charge is 2.25. The molecule has 0 radical (unpaired) electrons. The van der Waals surface area contributed by atoms with Crippen molar-refractivity contribution in [3.05, 3.63) is 47.8 Å². The molecule has 0 saturated carbocycles. The maximum atomic E-state index is 12.8. The van der Waals surface area contributed by atoms with Crippen LogP contribution >= 0.6 is 11.3 Å². The van der Waals surface area contributed by atoms with Gasteiger partial charge in [0.2, 0.25) is 16.8 Å². The number of sulfonamides is 1. The second kappa shape index (κ2) is 7.90. The predicted octanol–water partition coefficient (Wildman–Crippen LogP) is 4.46. The van der Waals surface area contributed by atoms with Gasteiger partial charge in [-0.25, -0.2) is 13.4 Å². The number of piperidine rings is 1. The fourth-order valence-corrected chi connectivity index (χ4v) is 5.87. The second-order valence-corrected chi connectivity index (χ2v) is 10.0. The number of nitrogens with zero attached hydrogens (tertiary/aromatic N) is 2. The molecule has 0 bridgehead atoms. The van der Waals surface area contributed by atoms with Crippen molar-refractivity contribution in [2.24, 2.45) is 0 Å². The molecular formula is C21H21N3O4S2. The molecule has 3 aromatic rings. The van der Waals surface area contributed by atoms with Crippen molar-refractivity contribution in [2.45, 2.75) is 24.2 Å². The molecular weight excluding hydrogens is 422 g/mol. The quantitative estimate of drug-likeness (QED) is 0.627. The smallest absolute Gasteiger partial charge is 0.243 e. The lowest BCUT2D eigenvalue weighted by molar-refractivity contribution is 0.174. The third kappa shape index (κ3) is 3.76. The van der Waals surface area contributed by atoms with Crippen LogP contribution in [-0.4, -0.2) is 37.6 Å². The third-order valence-corrected chi connectivity index (χ3v) is 7.90. The summed E-state index contributed by atoms with van der Waals surface area (Å²) in [7, 11) is -3.42. The highest BCUT2D eigenvalue weighted by atomic mass is 32.2. The van der Waals surface area contributed by atoms with Crippen molar-refractivity contribution < 1.29 is 17.9 Å². The second-order valence-electron chi connectivity index (χ2n) is 7.22. The highest BCUT2D eigenvalue weighted by Crippen LogP contribution is 2.36. The zero-order valence-electron chi connectivity index (χ0n) is 16.2. The standard InChI is InChI=1S/C21H21N3O4S2/c25-30(26,24-10-2-1-3-11-24)17-7-4-15(5-8-17)18-13-29-21(23-18)22-16-6-9-19-20(12-16)28-14-27-19/h4-9,12-13H,1-3,10-11,14H2,(H,22,23). The normalized spacial score (nSPS) is 16.5. The Morgan fingerprint density at radius 2 is 1.73 bits per heavy atom. The number of ether oxygens (including phenoxy) is 2. The van der Waals surface area contributed by atoms with Gasteiger partial charge in [0.15, 0.2) is 16.6 Å². The molecule has 2 aliphatic heterocycles. The minimum atomic E-state index is -3.42. The van der Waals surface area contributed by atoms with E-state index >= 15 is 0 Å². The Morgan fingerprint density at radius 1 is 0.967 bits per heavy atom. The van der Waals surface area contributed by atoms with E-state index in [4.69, 9.17) is 9.47 Å². The first-order valence-electron chi connectivity index (χ1n) is 9.82. The van der Waals surface area contributed by atoms with Crippen LogP contribution in [0.1, 0.15) is 19.3 Å². The lowest BCUT2D eigenvalue weighted by atomic mass is 10.2. The van der Waals surface area contributed by atoms with Crippen LogP contribution < -0.4 is 14.8 Å². The van der Waals surface area contributed by atoms with Gasteiger partial charge in [0, 0.05) is 35.8 Å². The van der Waals surface area contributed by atoms with E-state index in [1.54, 1.807) is 16.4 Å². The van der Waals surface area contributed by atoms with Crippen molar-refractivity contribution in [3.8, 4) is 22.8 Å². The molecule has 9 heteroatoms. The maximum absolute atomic E-state index is 12.8. The van der Waals surface area contributed by atoms with E-state index in [1.165, 1.54) is 11.3 Å². The van der Waals surface area contributed by atoms with E-state index in [0.29, 0.717) is 23.7 Å². The van der Waals surface area contributed by atoms with Crippen LogP contribution in [-0.2, 0) is 10.0 Å². The molecule has 156 valence electrons. The lowest BCUT2D eigenvalue weighted by Gasteiger charge is -2.25. The van der Waals surface area contributed by atoms with Gasteiger partial charge in [-0.3, -0.25) is 0 Å². The summed E-state index contributed by atoms with van der Waals surface area (Å²) in [6, 6.07) is 12.6. The van der Waals surface area contributed by atoms with E-state index in [0.717, 1.165) is 47.1 Å². The van der Waals surface area contributed by atoms with Crippen molar-refractivity contribution in [1.82, 2.24) is 9.29 Å². The van der Waals surface area contributed by atoms with Gasteiger partial charge in [-0.15, -0.1) is 11.3 Å². The van der Waals surface area contributed by atoms with Gasteiger partial charge in [0.1, 0.15) is 0 Å². The molecule has 30 heavy (non-hydrogen) atoms. The molecule has 0 atom stereocenters. The molecule has 1 saturated heterocycles. The first kappa shape index (κ1) is 19.3. The van der Waals surface area contributed by atoms with Crippen molar-refractivity contribution in [1.29, 1.82) is 0 Å². The monoisotopic (exact) mass is 443 g/mol. The first-order chi connectivity index (χ1) is 14.6. The average molecular weight is 444 g/mol. The topological polar surface area (TPSA) is 80.8 Å². The van der Waals surface area contributed by atoms with Crippen LogP contribution in [0.15, 0.2) is 52.7 Å². The molecule has 1 fully saturated rings. The summed E-state index contributed by atoms with van der Waals surface area (Å²) in [5.41, 5.74) is 2.54. The predicted molar refractivity (Wildman–Crippen MR) is 116 cm³/mol.